The number of para-hydroxylation sites is 1. The van der Waals surface area contributed by atoms with Crippen molar-refractivity contribution in [2.45, 2.75) is 24.8 Å². The SMILES string of the molecule is COc1ccc(-n2c(SCc3c(C)noc3C)nnc2-c2ccccc2OC)cc1. The van der Waals surface area contributed by atoms with Crippen molar-refractivity contribution in [2.24, 2.45) is 0 Å². The molecule has 0 unspecified atom stereocenters. The minimum absolute atomic E-state index is 0.682. The second kappa shape index (κ2) is 8.62. The van der Waals surface area contributed by atoms with Gasteiger partial charge in [-0.15, -0.1) is 10.2 Å². The molecule has 0 radical (unpaired) electrons. The molecule has 0 saturated carbocycles. The van der Waals surface area contributed by atoms with Gasteiger partial charge in [0.25, 0.3) is 0 Å². The summed E-state index contributed by atoms with van der Waals surface area (Å²) in [7, 11) is 3.30. The second-order valence-electron chi connectivity index (χ2n) is 6.63. The minimum Gasteiger partial charge on any atom is -0.497 e. The molecule has 4 aromatic rings. The Labute approximate surface area is 179 Å². The molecule has 2 heterocycles. The lowest BCUT2D eigenvalue weighted by atomic mass is 10.2. The first-order valence-corrected chi connectivity index (χ1v) is 10.4. The molecule has 8 heteroatoms. The van der Waals surface area contributed by atoms with Gasteiger partial charge < -0.3 is 14.0 Å². The summed E-state index contributed by atoms with van der Waals surface area (Å²) in [5.74, 6) is 3.73. The topological polar surface area (TPSA) is 75.2 Å². The van der Waals surface area contributed by atoms with Gasteiger partial charge in [-0.05, 0) is 50.2 Å². The van der Waals surface area contributed by atoms with Gasteiger partial charge in [0, 0.05) is 11.3 Å². The largest absolute Gasteiger partial charge is 0.497 e. The van der Waals surface area contributed by atoms with Crippen LogP contribution < -0.4 is 9.47 Å². The number of rotatable bonds is 7. The van der Waals surface area contributed by atoms with Gasteiger partial charge in [-0.3, -0.25) is 4.57 Å². The van der Waals surface area contributed by atoms with Gasteiger partial charge in [0.1, 0.15) is 17.3 Å². The first kappa shape index (κ1) is 20.0. The number of methoxy groups -OCH3 is 2. The quantitative estimate of drug-likeness (QED) is 0.394. The smallest absolute Gasteiger partial charge is 0.196 e. The summed E-state index contributed by atoms with van der Waals surface area (Å²) in [6, 6.07) is 15.6. The molecule has 0 aliphatic carbocycles. The maximum Gasteiger partial charge on any atom is 0.196 e. The Morgan fingerprint density at radius 1 is 0.967 bits per heavy atom. The normalized spacial score (nSPS) is 10.9. The highest BCUT2D eigenvalue weighted by Crippen LogP contribution is 2.35. The molecule has 0 spiro atoms. The lowest BCUT2D eigenvalue weighted by Crippen LogP contribution is -2.01. The van der Waals surface area contributed by atoms with Crippen LogP contribution in [0.5, 0.6) is 11.5 Å². The maximum absolute atomic E-state index is 5.56. The van der Waals surface area contributed by atoms with Crippen LogP contribution >= 0.6 is 11.8 Å². The second-order valence-corrected chi connectivity index (χ2v) is 7.57. The molecular formula is C22H22N4O3S. The van der Waals surface area contributed by atoms with Crippen molar-refractivity contribution < 1.29 is 14.0 Å². The summed E-state index contributed by atoms with van der Waals surface area (Å²) in [5, 5.41) is 13.8. The van der Waals surface area contributed by atoms with Crippen LogP contribution in [0, 0.1) is 13.8 Å². The first-order valence-electron chi connectivity index (χ1n) is 9.40. The van der Waals surface area contributed by atoms with Crippen molar-refractivity contribution in [1.29, 1.82) is 0 Å². The van der Waals surface area contributed by atoms with Crippen molar-refractivity contribution in [2.75, 3.05) is 14.2 Å². The van der Waals surface area contributed by atoms with E-state index in [0.29, 0.717) is 11.6 Å². The Kier molecular flexibility index (Phi) is 5.76. The Morgan fingerprint density at radius 2 is 1.73 bits per heavy atom. The highest BCUT2D eigenvalue weighted by molar-refractivity contribution is 7.98. The number of nitrogens with zero attached hydrogens (tertiary/aromatic N) is 4. The monoisotopic (exact) mass is 422 g/mol. The van der Waals surface area contributed by atoms with E-state index in [0.717, 1.165) is 44.9 Å². The van der Waals surface area contributed by atoms with E-state index in [1.807, 2.05) is 66.9 Å². The summed E-state index contributed by atoms with van der Waals surface area (Å²) in [6.45, 7) is 3.87. The highest BCUT2D eigenvalue weighted by atomic mass is 32.2. The summed E-state index contributed by atoms with van der Waals surface area (Å²) >= 11 is 1.58. The van der Waals surface area contributed by atoms with Crippen molar-refractivity contribution in [3.63, 3.8) is 0 Å². The van der Waals surface area contributed by atoms with Crippen molar-refractivity contribution in [3.8, 4) is 28.6 Å². The fourth-order valence-corrected chi connectivity index (χ4v) is 4.28. The molecule has 0 N–H and O–H groups in total. The molecule has 0 amide bonds. The van der Waals surface area contributed by atoms with Crippen LogP contribution in [-0.2, 0) is 5.75 Å². The van der Waals surface area contributed by atoms with Crippen LogP contribution in [-0.4, -0.2) is 34.1 Å². The van der Waals surface area contributed by atoms with E-state index in [4.69, 9.17) is 14.0 Å². The summed E-state index contributed by atoms with van der Waals surface area (Å²) in [4.78, 5) is 0. The van der Waals surface area contributed by atoms with E-state index in [2.05, 4.69) is 15.4 Å². The Balaban J connectivity index is 1.79. The number of hydrogen-bond acceptors (Lipinski definition) is 7. The van der Waals surface area contributed by atoms with Crippen molar-refractivity contribution in [1.82, 2.24) is 19.9 Å². The number of thioether (sulfide) groups is 1. The average molecular weight is 423 g/mol. The summed E-state index contributed by atoms with van der Waals surface area (Å²) in [6.07, 6.45) is 0. The molecule has 2 aromatic heterocycles. The molecule has 0 saturated heterocycles. The number of aromatic nitrogens is 4. The number of hydrogen-bond donors (Lipinski definition) is 0. The van der Waals surface area contributed by atoms with Crippen molar-refractivity contribution in [3.05, 3.63) is 65.5 Å². The van der Waals surface area contributed by atoms with Crippen LogP contribution in [0.4, 0.5) is 0 Å². The van der Waals surface area contributed by atoms with Crippen LogP contribution in [0.2, 0.25) is 0 Å². The number of aryl methyl sites for hydroxylation is 2. The molecule has 2 aromatic carbocycles. The van der Waals surface area contributed by atoms with E-state index < -0.39 is 0 Å². The van der Waals surface area contributed by atoms with Gasteiger partial charge in [-0.1, -0.05) is 29.1 Å². The average Bonchev–Trinajstić information content (AvgIpc) is 3.35. The molecule has 4 rings (SSSR count). The maximum atomic E-state index is 5.56. The zero-order valence-corrected chi connectivity index (χ0v) is 18.1. The highest BCUT2D eigenvalue weighted by Gasteiger charge is 2.20. The van der Waals surface area contributed by atoms with Gasteiger partial charge in [-0.25, -0.2) is 0 Å². The third kappa shape index (κ3) is 3.78. The molecule has 0 aliphatic rings. The van der Waals surface area contributed by atoms with Gasteiger partial charge in [0.2, 0.25) is 0 Å². The van der Waals surface area contributed by atoms with E-state index >= 15 is 0 Å². The van der Waals surface area contributed by atoms with E-state index in [1.54, 1.807) is 26.0 Å². The van der Waals surface area contributed by atoms with Crippen LogP contribution in [0.1, 0.15) is 17.0 Å². The molecular weight excluding hydrogens is 400 g/mol. The molecule has 0 bridgehead atoms. The molecule has 0 aliphatic heterocycles. The predicted molar refractivity (Wildman–Crippen MR) is 115 cm³/mol. The summed E-state index contributed by atoms with van der Waals surface area (Å²) < 4.78 is 18.2. The Bertz CT molecular complexity index is 1130. The van der Waals surface area contributed by atoms with Gasteiger partial charge >= 0.3 is 0 Å². The van der Waals surface area contributed by atoms with Crippen molar-refractivity contribution >= 4 is 11.8 Å². The molecule has 0 fully saturated rings. The van der Waals surface area contributed by atoms with E-state index in [-0.39, 0.29) is 0 Å². The minimum atomic E-state index is 0.682. The first-order chi connectivity index (χ1) is 14.6. The number of ether oxygens (including phenoxy) is 2. The van der Waals surface area contributed by atoms with E-state index in [9.17, 15) is 0 Å². The fraction of sp³-hybridized carbons (Fsp3) is 0.227. The Morgan fingerprint density at radius 3 is 2.40 bits per heavy atom. The zero-order chi connectivity index (χ0) is 21.1. The number of benzene rings is 2. The predicted octanol–water partition coefficient (Wildman–Crippen LogP) is 4.85. The molecule has 0 atom stereocenters. The van der Waals surface area contributed by atoms with Gasteiger partial charge in [-0.2, -0.15) is 0 Å². The zero-order valence-electron chi connectivity index (χ0n) is 17.2. The van der Waals surface area contributed by atoms with E-state index in [1.165, 1.54) is 0 Å². The lowest BCUT2D eigenvalue weighted by molar-refractivity contribution is 0.392. The fourth-order valence-electron chi connectivity index (χ4n) is 3.18. The van der Waals surface area contributed by atoms with Crippen LogP contribution in [0.25, 0.3) is 17.1 Å². The van der Waals surface area contributed by atoms with Crippen LogP contribution in [0.15, 0.2) is 58.2 Å². The standard InChI is InChI=1S/C22H22N4O3S/c1-14-19(15(2)29-25-14)13-30-22-24-23-21(18-7-5-6-8-20(18)28-4)26(22)16-9-11-17(27-3)12-10-16/h5-12H,13H2,1-4H3. The van der Waals surface area contributed by atoms with Gasteiger partial charge in [0.15, 0.2) is 11.0 Å². The van der Waals surface area contributed by atoms with Gasteiger partial charge in [0.05, 0.1) is 31.2 Å². The van der Waals surface area contributed by atoms with Crippen LogP contribution in [0.3, 0.4) is 0 Å². The Hall–Kier alpha value is -3.26. The molecule has 154 valence electrons. The molecule has 7 nitrogen and oxygen atoms in total. The third-order valence-corrected chi connectivity index (χ3v) is 5.79. The lowest BCUT2D eigenvalue weighted by Gasteiger charge is -2.13. The third-order valence-electron chi connectivity index (χ3n) is 4.84. The summed E-state index contributed by atoms with van der Waals surface area (Å²) in [5.41, 5.74) is 3.76. The molecule has 30 heavy (non-hydrogen) atoms.